The van der Waals surface area contributed by atoms with Gasteiger partial charge in [0.15, 0.2) is 0 Å². The van der Waals surface area contributed by atoms with E-state index in [1.54, 1.807) is 6.07 Å². The van der Waals surface area contributed by atoms with Gasteiger partial charge >= 0.3 is 0 Å². The Hall–Kier alpha value is -1.06. The largest absolute Gasteiger partial charge is 0.283 e. The molecule has 0 amide bonds. The Bertz CT molecular complexity index is 285. The van der Waals surface area contributed by atoms with E-state index >= 15 is 0 Å². The van der Waals surface area contributed by atoms with Crippen LogP contribution in [-0.2, 0) is 4.79 Å². The highest BCUT2D eigenvalue weighted by atomic mass is 28.3. The standard InChI is InChI=1S/C10H15NOSi/c1-9(7-10(12)8-11)5-6-13(2,3)4/h9H,7H2,1-4H3. The van der Waals surface area contributed by atoms with Gasteiger partial charge < -0.3 is 0 Å². The van der Waals surface area contributed by atoms with E-state index in [-0.39, 0.29) is 18.1 Å². The maximum atomic E-state index is 10.7. The lowest BCUT2D eigenvalue weighted by molar-refractivity contribution is -0.114. The van der Waals surface area contributed by atoms with Crippen molar-refractivity contribution in [3.05, 3.63) is 0 Å². The third-order valence-electron chi connectivity index (χ3n) is 1.31. The fourth-order valence-corrected chi connectivity index (χ4v) is 1.39. The first-order valence-corrected chi connectivity index (χ1v) is 7.81. The number of hydrogen-bond donors (Lipinski definition) is 0. The third kappa shape index (κ3) is 7.30. The van der Waals surface area contributed by atoms with Gasteiger partial charge in [-0.1, -0.05) is 26.6 Å². The number of carbonyl (C=O) groups is 1. The van der Waals surface area contributed by atoms with Crippen LogP contribution < -0.4 is 0 Å². The second-order valence-corrected chi connectivity index (χ2v) is 8.91. The fourth-order valence-electron chi connectivity index (χ4n) is 0.714. The molecule has 1 unspecified atom stereocenters. The van der Waals surface area contributed by atoms with E-state index in [1.807, 2.05) is 6.92 Å². The summed E-state index contributed by atoms with van der Waals surface area (Å²) in [5.74, 6) is 2.66. The fraction of sp³-hybridized carbons (Fsp3) is 0.600. The van der Waals surface area contributed by atoms with Crippen molar-refractivity contribution in [3.8, 4) is 17.5 Å². The third-order valence-corrected chi connectivity index (χ3v) is 2.20. The Labute approximate surface area is 81.0 Å². The summed E-state index contributed by atoms with van der Waals surface area (Å²) >= 11 is 0. The molecule has 0 aromatic heterocycles. The summed E-state index contributed by atoms with van der Waals surface area (Å²) in [6, 6.07) is 1.60. The summed E-state index contributed by atoms with van der Waals surface area (Å²) in [4.78, 5) is 10.7. The zero-order valence-electron chi connectivity index (χ0n) is 8.64. The second-order valence-electron chi connectivity index (χ2n) is 4.16. The molecule has 0 saturated heterocycles. The predicted octanol–water partition coefficient (Wildman–Crippen LogP) is 1.99. The molecule has 2 nitrogen and oxygen atoms in total. The highest BCUT2D eigenvalue weighted by molar-refractivity contribution is 6.83. The van der Waals surface area contributed by atoms with Gasteiger partial charge in [0.1, 0.15) is 14.1 Å². The Balaban J connectivity index is 4.15. The number of carbonyl (C=O) groups excluding carboxylic acids is 1. The van der Waals surface area contributed by atoms with Crippen LogP contribution in [0, 0.1) is 28.7 Å². The summed E-state index contributed by atoms with van der Waals surface area (Å²) in [5, 5.41) is 8.27. The van der Waals surface area contributed by atoms with Gasteiger partial charge in [-0.2, -0.15) is 5.26 Å². The first kappa shape index (κ1) is 11.9. The molecule has 0 spiro atoms. The van der Waals surface area contributed by atoms with Gasteiger partial charge in [-0.05, 0) is 0 Å². The maximum Gasteiger partial charge on any atom is 0.233 e. The van der Waals surface area contributed by atoms with E-state index in [0.717, 1.165) is 0 Å². The topological polar surface area (TPSA) is 40.9 Å². The second kappa shape index (κ2) is 4.84. The predicted molar refractivity (Wildman–Crippen MR) is 55.5 cm³/mol. The average Bonchev–Trinajstić information content (AvgIpc) is 1.99. The molecule has 0 radical (unpaired) electrons. The number of ketones is 1. The molecule has 70 valence electrons. The van der Waals surface area contributed by atoms with Crippen molar-refractivity contribution < 1.29 is 4.79 Å². The van der Waals surface area contributed by atoms with E-state index in [1.165, 1.54) is 0 Å². The van der Waals surface area contributed by atoms with E-state index in [0.29, 0.717) is 0 Å². The number of nitrogens with zero attached hydrogens (tertiary/aromatic N) is 1. The van der Waals surface area contributed by atoms with Crippen LogP contribution in [0.5, 0.6) is 0 Å². The maximum absolute atomic E-state index is 10.7. The normalized spacial score (nSPS) is 12.2. The molecule has 3 heteroatoms. The van der Waals surface area contributed by atoms with Crippen LogP contribution in [0.25, 0.3) is 0 Å². The SMILES string of the molecule is CC(C#C[Si](C)(C)C)CC(=O)C#N. The van der Waals surface area contributed by atoms with Gasteiger partial charge in [-0.25, -0.2) is 0 Å². The quantitative estimate of drug-likeness (QED) is 0.382. The number of rotatable bonds is 2. The Morgan fingerprint density at radius 1 is 1.46 bits per heavy atom. The first-order chi connectivity index (χ1) is 5.85. The molecule has 0 aliphatic heterocycles. The number of Topliss-reactive ketones (excluding diaryl/α,β-unsaturated/α-hetero) is 1. The van der Waals surface area contributed by atoms with Gasteiger partial charge in [0.05, 0.1) is 0 Å². The van der Waals surface area contributed by atoms with Crippen LogP contribution in [0.4, 0.5) is 0 Å². The zero-order valence-corrected chi connectivity index (χ0v) is 9.64. The van der Waals surface area contributed by atoms with Crippen molar-refractivity contribution in [1.29, 1.82) is 5.26 Å². The molecule has 0 aromatic carbocycles. The first-order valence-electron chi connectivity index (χ1n) is 4.31. The summed E-state index contributed by atoms with van der Waals surface area (Å²) in [7, 11) is -1.34. The Morgan fingerprint density at radius 2 is 2.00 bits per heavy atom. The lowest BCUT2D eigenvalue weighted by atomic mass is 10.1. The van der Waals surface area contributed by atoms with Gasteiger partial charge in [0, 0.05) is 12.3 Å². The number of nitriles is 1. The van der Waals surface area contributed by atoms with Crippen molar-refractivity contribution in [2.75, 3.05) is 0 Å². The molecule has 0 aliphatic carbocycles. The molecule has 0 bridgehead atoms. The summed E-state index contributed by atoms with van der Waals surface area (Å²) in [6.07, 6.45) is 0.258. The van der Waals surface area contributed by atoms with E-state index in [4.69, 9.17) is 5.26 Å². The van der Waals surface area contributed by atoms with E-state index in [2.05, 4.69) is 31.1 Å². The van der Waals surface area contributed by atoms with Crippen LogP contribution in [0.2, 0.25) is 19.6 Å². The minimum absolute atomic E-state index is 0.0128. The Kier molecular flexibility index (Phi) is 4.44. The smallest absolute Gasteiger partial charge is 0.233 e. The number of hydrogen-bond acceptors (Lipinski definition) is 2. The van der Waals surface area contributed by atoms with Crippen LogP contribution in [0.1, 0.15) is 13.3 Å². The molecule has 1 atom stereocenters. The molecule has 0 aromatic rings. The van der Waals surface area contributed by atoms with Gasteiger partial charge in [-0.3, -0.25) is 4.79 Å². The molecule has 0 saturated carbocycles. The monoisotopic (exact) mass is 193 g/mol. The zero-order chi connectivity index (χ0) is 10.5. The summed E-state index contributed by atoms with van der Waals surface area (Å²) < 4.78 is 0. The molecular weight excluding hydrogens is 178 g/mol. The molecular formula is C10H15NOSi. The minimum atomic E-state index is -1.34. The van der Waals surface area contributed by atoms with Crippen LogP contribution >= 0.6 is 0 Å². The van der Waals surface area contributed by atoms with Crippen LogP contribution in [0.15, 0.2) is 0 Å². The molecule has 0 rings (SSSR count). The van der Waals surface area contributed by atoms with Crippen molar-refractivity contribution >= 4 is 13.9 Å². The molecule has 0 N–H and O–H groups in total. The molecule has 0 aliphatic rings. The highest BCUT2D eigenvalue weighted by Crippen LogP contribution is 2.03. The van der Waals surface area contributed by atoms with Gasteiger partial charge in [-0.15, -0.1) is 11.5 Å². The highest BCUT2D eigenvalue weighted by Gasteiger charge is 2.09. The molecule has 0 heterocycles. The average molecular weight is 193 g/mol. The van der Waals surface area contributed by atoms with Gasteiger partial charge in [0.2, 0.25) is 5.78 Å². The van der Waals surface area contributed by atoms with Crippen molar-refractivity contribution in [3.63, 3.8) is 0 Å². The van der Waals surface area contributed by atoms with Gasteiger partial charge in [0.25, 0.3) is 0 Å². The summed E-state index contributed by atoms with van der Waals surface area (Å²) in [6.45, 7) is 8.33. The van der Waals surface area contributed by atoms with Crippen molar-refractivity contribution in [1.82, 2.24) is 0 Å². The van der Waals surface area contributed by atoms with E-state index in [9.17, 15) is 4.79 Å². The summed E-state index contributed by atoms with van der Waals surface area (Å²) in [5.41, 5.74) is 3.18. The molecule has 0 fully saturated rings. The van der Waals surface area contributed by atoms with Crippen molar-refractivity contribution in [2.45, 2.75) is 33.0 Å². The van der Waals surface area contributed by atoms with Crippen LogP contribution in [-0.4, -0.2) is 13.9 Å². The van der Waals surface area contributed by atoms with Crippen LogP contribution in [0.3, 0.4) is 0 Å². The molecule has 13 heavy (non-hydrogen) atoms. The Morgan fingerprint density at radius 3 is 2.38 bits per heavy atom. The lowest BCUT2D eigenvalue weighted by Gasteiger charge is -2.05. The lowest BCUT2D eigenvalue weighted by Crippen LogP contribution is -2.17. The van der Waals surface area contributed by atoms with Crippen molar-refractivity contribution in [2.24, 2.45) is 5.92 Å². The van der Waals surface area contributed by atoms with E-state index < -0.39 is 8.07 Å². The minimum Gasteiger partial charge on any atom is -0.283 e.